The van der Waals surface area contributed by atoms with Crippen LogP contribution in [0.1, 0.15) is 14.7 Å². The van der Waals surface area contributed by atoms with Gasteiger partial charge < -0.3 is 5.32 Å². The lowest BCUT2D eigenvalue weighted by atomic mass is 10.3. The second-order valence-corrected chi connectivity index (χ2v) is 7.55. The van der Waals surface area contributed by atoms with Gasteiger partial charge in [-0.05, 0) is 35.7 Å². The molecule has 1 amide bonds. The van der Waals surface area contributed by atoms with Gasteiger partial charge in [-0.1, -0.05) is 53.8 Å². The van der Waals surface area contributed by atoms with Crippen LogP contribution in [0.25, 0.3) is 5.69 Å². The van der Waals surface area contributed by atoms with Crippen molar-refractivity contribution in [1.29, 1.82) is 0 Å². The number of aromatic nitrogens is 2. The fourth-order valence-corrected chi connectivity index (χ4v) is 3.72. The van der Waals surface area contributed by atoms with E-state index in [0.29, 0.717) is 15.5 Å². The first-order chi connectivity index (χ1) is 13.8. The average molecular weight is 406 g/mol. The van der Waals surface area contributed by atoms with Crippen molar-refractivity contribution in [2.75, 3.05) is 5.32 Å². The molecule has 138 valence electrons. The highest BCUT2D eigenvalue weighted by molar-refractivity contribution is 7.11. The van der Waals surface area contributed by atoms with Crippen molar-refractivity contribution >= 4 is 40.5 Å². The molecule has 0 spiro atoms. The lowest BCUT2D eigenvalue weighted by molar-refractivity contribution is 0.102. The molecule has 28 heavy (non-hydrogen) atoms. The van der Waals surface area contributed by atoms with E-state index in [4.69, 9.17) is 0 Å². The Bertz CT molecular complexity index is 1150. The second kappa shape index (κ2) is 8.55. The number of anilines is 1. The maximum absolute atomic E-state index is 12.6. The van der Waals surface area contributed by atoms with Gasteiger partial charge in [0.1, 0.15) is 0 Å². The highest BCUT2D eigenvalue weighted by Gasteiger charge is 2.14. The lowest BCUT2D eigenvalue weighted by Crippen LogP contribution is -2.15. The van der Waals surface area contributed by atoms with Crippen molar-refractivity contribution in [2.24, 2.45) is 10.2 Å². The highest BCUT2D eigenvalue weighted by atomic mass is 32.1. The Kier molecular flexibility index (Phi) is 5.51. The Morgan fingerprint density at radius 3 is 2.46 bits per heavy atom. The van der Waals surface area contributed by atoms with Crippen molar-refractivity contribution in [2.45, 2.75) is 0 Å². The molecular weight excluding hydrogens is 390 g/mol. The predicted molar refractivity (Wildman–Crippen MR) is 113 cm³/mol. The van der Waals surface area contributed by atoms with Crippen LogP contribution >= 0.6 is 22.7 Å². The molecule has 0 aliphatic carbocycles. The molecule has 2 aromatic heterocycles. The van der Waals surface area contributed by atoms with Gasteiger partial charge in [-0.25, -0.2) is 4.68 Å². The fraction of sp³-hybridized carbons (Fsp3) is 0. The van der Waals surface area contributed by atoms with Crippen LogP contribution in [0.4, 0.5) is 5.69 Å². The predicted octanol–water partition coefficient (Wildman–Crippen LogP) is 4.18. The van der Waals surface area contributed by atoms with Crippen molar-refractivity contribution in [1.82, 2.24) is 9.78 Å². The monoisotopic (exact) mass is 405 g/mol. The van der Waals surface area contributed by atoms with Crippen LogP contribution in [0.15, 0.2) is 88.4 Å². The molecule has 8 heteroatoms. The van der Waals surface area contributed by atoms with E-state index in [1.807, 2.05) is 78.2 Å². The number of nitrogens with one attached hydrogen (secondary N) is 1. The number of rotatable bonds is 5. The van der Waals surface area contributed by atoms with Crippen molar-refractivity contribution in [3.8, 4) is 5.69 Å². The van der Waals surface area contributed by atoms with Crippen LogP contribution in [0, 0.1) is 0 Å². The standard InChI is InChI=1S/C20H15N5OS2/c26-18(22-15-8-3-1-4-9-15)19-24-25(16-10-5-2-6-11-16)20(28-19)23-21-14-17-12-7-13-27-17/h1-14H,(H,22,26)/b21-14+,23-20-. The van der Waals surface area contributed by atoms with Crippen LogP contribution in [-0.4, -0.2) is 21.9 Å². The zero-order valence-electron chi connectivity index (χ0n) is 14.6. The van der Waals surface area contributed by atoms with Crippen LogP contribution in [0.3, 0.4) is 0 Å². The minimum Gasteiger partial charge on any atom is -0.320 e. The maximum Gasteiger partial charge on any atom is 0.286 e. The average Bonchev–Trinajstić information content (AvgIpc) is 3.40. The van der Waals surface area contributed by atoms with Crippen LogP contribution in [0.5, 0.6) is 0 Å². The summed E-state index contributed by atoms with van der Waals surface area (Å²) >= 11 is 2.76. The molecule has 1 N–H and O–H groups in total. The van der Waals surface area contributed by atoms with E-state index in [9.17, 15) is 4.79 Å². The number of hydrogen-bond donors (Lipinski definition) is 1. The minimum absolute atomic E-state index is 0.287. The first kappa shape index (κ1) is 18.0. The van der Waals surface area contributed by atoms with Gasteiger partial charge in [-0.2, -0.15) is 5.10 Å². The Hall–Kier alpha value is -3.36. The molecular formula is C20H15N5OS2. The summed E-state index contributed by atoms with van der Waals surface area (Å²) in [6, 6.07) is 22.7. The van der Waals surface area contributed by atoms with Gasteiger partial charge in [0.05, 0.1) is 11.9 Å². The smallest absolute Gasteiger partial charge is 0.286 e. The summed E-state index contributed by atoms with van der Waals surface area (Å²) in [5.74, 6) is -0.287. The molecule has 0 fully saturated rings. The normalized spacial score (nSPS) is 11.8. The first-order valence-electron chi connectivity index (χ1n) is 8.42. The summed E-state index contributed by atoms with van der Waals surface area (Å²) in [6.07, 6.45) is 1.68. The van der Waals surface area contributed by atoms with Gasteiger partial charge in [-0.3, -0.25) is 4.79 Å². The number of benzene rings is 2. The summed E-state index contributed by atoms with van der Waals surface area (Å²) in [5.41, 5.74) is 1.52. The summed E-state index contributed by atoms with van der Waals surface area (Å²) in [6.45, 7) is 0. The Morgan fingerprint density at radius 1 is 1.00 bits per heavy atom. The van der Waals surface area contributed by atoms with E-state index in [0.717, 1.165) is 10.6 Å². The van der Waals surface area contributed by atoms with Crippen LogP contribution < -0.4 is 10.1 Å². The summed E-state index contributed by atoms with van der Waals surface area (Å²) in [4.78, 5) is 14.1. The van der Waals surface area contributed by atoms with Gasteiger partial charge in [0.2, 0.25) is 9.81 Å². The topological polar surface area (TPSA) is 71.6 Å². The Morgan fingerprint density at radius 2 is 1.75 bits per heavy atom. The van der Waals surface area contributed by atoms with Gasteiger partial charge in [0.15, 0.2) is 0 Å². The molecule has 4 rings (SSSR count). The van der Waals surface area contributed by atoms with Gasteiger partial charge in [0.25, 0.3) is 5.91 Å². The third-order valence-electron chi connectivity index (χ3n) is 3.66. The Labute approximate surface area is 169 Å². The molecule has 0 atom stereocenters. The molecule has 2 heterocycles. The molecule has 4 aromatic rings. The SMILES string of the molecule is O=C(Nc1ccccc1)c1nn(-c2ccccc2)/c(=N/N=C/c2cccs2)s1. The van der Waals surface area contributed by atoms with Crippen LogP contribution in [-0.2, 0) is 0 Å². The third-order valence-corrected chi connectivity index (χ3v) is 5.36. The maximum atomic E-state index is 12.6. The van der Waals surface area contributed by atoms with E-state index in [1.54, 1.807) is 22.2 Å². The Balaban J connectivity index is 1.68. The second-order valence-electron chi connectivity index (χ2n) is 5.62. The molecule has 0 aliphatic heterocycles. The molecule has 6 nitrogen and oxygen atoms in total. The van der Waals surface area contributed by atoms with Gasteiger partial charge in [0, 0.05) is 10.6 Å². The molecule has 0 bridgehead atoms. The molecule has 0 aliphatic rings. The van der Waals surface area contributed by atoms with Gasteiger partial charge >= 0.3 is 0 Å². The summed E-state index contributed by atoms with van der Waals surface area (Å²) < 4.78 is 1.62. The number of thiophene rings is 1. The third kappa shape index (κ3) is 4.30. The number of para-hydroxylation sites is 2. The number of carbonyl (C=O) groups is 1. The van der Waals surface area contributed by atoms with E-state index < -0.39 is 0 Å². The minimum atomic E-state index is -0.287. The molecule has 0 saturated heterocycles. The number of amides is 1. The van der Waals surface area contributed by atoms with E-state index in [1.165, 1.54) is 11.3 Å². The first-order valence-corrected chi connectivity index (χ1v) is 10.1. The van der Waals surface area contributed by atoms with Crippen LogP contribution in [0.2, 0.25) is 0 Å². The molecule has 0 radical (unpaired) electrons. The molecule has 0 unspecified atom stereocenters. The highest BCUT2D eigenvalue weighted by Crippen LogP contribution is 2.11. The zero-order chi connectivity index (χ0) is 19.2. The fourth-order valence-electron chi connectivity index (χ4n) is 2.38. The van der Waals surface area contributed by atoms with E-state index in [-0.39, 0.29) is 5.91 Å². The lowest BCUT2D eigenvalue weighted by Gasteiger charge is -2.01. The molecule has 0 saturated carbocycles. The summed E-state index contributed by atoms with van der Waals surface area (Å²) in [7, 11) is 0. The quantitative estimate of drug-likeness (QED) is 0.400. The zero-order valence-corrected chi connectivity index (χ0v) is 16.2. The summed E-state index contributed by atoms with van der Waals surface area (Å²) in [5, 5.41) is 18.0. The van der Waals surface area contributed by atoms with Gasteiger partial charge in [-0.15, -0.1) is 21.5 Å². The van der Waals surface area contributed by atoms with Crippen molar-refractivity contribution in [3.63, 3.8) is 0 Å². The number of nitrogens with zero attached hydrogens (tertiary/aromatic N) is 4. The van der Waals surface area contributed by atoms with E-state index in [2.05, 4.69) is 20.6 Å². The number of hydrogen-bond acceptors (Lipinski definition) is 6. The van der Waals surface area contributed by atoms with Crippen molar-refractivity contribution in [3.05, 3.63) is 92.9 Å². The molecule has 2 aromatic carbocycles. The number of carbonyl (C=O) groups excluding carboxylic acids is 1. The van der Waals surface area contributed by atoms with E-state index >= 15 is 0 Å². The van der Waals surface area contributed by atoms with Crippen molar-refractivity contribution < 1.29 is 4.79 Å². The largest absolute Gasteiger partial charge is 0.320 e.